The van der Waals surface area contributed by atoms with Gasteiger partial charge in [-0.2, -0.15) is 0 Å². The van der Waals surface area contributed by atoms with Crippen molar-refractivity contribution < 1.29 is 9.53 Å². The SMILES string of the molecule is O=C(Nc1ccc(Br)cc1)N1CCS[C@@H]1c1ccccc1OCc1ccccc1. The highest BCUT2D eigenvalue weighted by atomic mass is 79.9. The van der Waals surface area contributed by atoms with Crippen molar-refractivity contribution in [2.75, 3.05) is 17.6 Å². The number of benzene rings is 3. The fourth-order valence-corrected chi connectivity index (χ4v) is 4.76. The van der Waals surface area contributed by atoms with Crippen LogP contribution in [0, 0.1) is 0 Å². The molecule has 148 valence electrons. The van der Waals surface area contributed by atoms with E-state index in [4.69, 9.17) is 4.74 Å². The number of rotatable bonds is 5. The number of anilines is 1. The summed E-state index contributed by atoms with van der Waals surface area (Å²) in [6.07, 6.45) is 0. The van der Waals surface area contributed by atoms with Crippen LogP contribution in [0.5, 0.6) is 5.75 Å². The van der Waals surface area contributed by atoms with Gasteiger partial charge in [-0.25, -0.2) is 4.79 Å². The lowest BCUT2D eigenvalue weighted by atomic mass is 10.1. The average molecular weight is 469 g/mol. The molecule has 0 radical (unpaired) electrons. The fraction of sp³-hybridized carbons (Fsp3) is 0.174. The number of carbonyl (C=O) groups is 1. The van der Waals surface area contributed by atoms with Crippen LogP contribution in [0.4, 0.5) is 10.5 Å². The number of hydrogen-bond acceptors (Lipinski definition) is 3. The van der Waals surface area contributed by atoms with Crippen LogP contribution < -0.4 is 10.1 Å². The second-order valence-electron chi connectivity index (χ2n) is 6.67. The number of para-hydroxylation sites is 1. The molecular weight excluding hydrogens is 448 g/mol. The second-order valence-corrected chi connectivity index (χ2v) is 8.77. The quantitative estimate of drug-likeness (QED) is 0.476. The number of urea groups is 1. The Morgan fingerprint density at radius 3 is 2.55 bits per heavy atom. The zero-order chi connectivity index (χ0) is 20.1. The third-order valence-corrected chi connectivity index (χ3v) is 6.44. The molecule has 6 heteroatoms. The molecule has 0 unspecified atom stereocenters. The Balaban J connectivity index is 1.49. The van der Waals surface area contributed by atoms with Crippen LogP contribution in [0.1, 0.15) is 16.5 Å². The first-order chi connectivity index (χ1) is 14.2. The standard InChI is InChI=1S/C23H21BrN2O2S/c24-18-10-12-19(13-11-18)25-23(27)26-14-15-29-22(26)20-8-4-5-9-21(20)28-16-17-6-2-1-3-7-17/h1-13,22H,14-16H2,(H,25,27)/t22-/m1/s1. The van der Waals surface area contributed by atoms with Gasteiger partial charge in [-0.1, -0.05) is 64.5 Å². The van der Waals surface area contributed by atoms with Crippen molar-refractivity contribution in [1.82, 2.24) is 4.90 Å². The lowest BCUT2D eigenvalue weighted by molar-refractivity contribution is 0.213. The predicted molar refractivity (Wildman–Crippen MR) is 122 cm³/mol. The molecule has 0 saturated carbocycles. The zero-order valence-corrected chi connectivity index (χ0v) is 18.2. The number of ether oxygens (including phenoxy) is 1. The number of nitrogens with zero attached hydrogens (tertiary/aromatic N) is 1. The van der Waals surface area contributed by atoms with Gasteiger partial charge in [0.2, 0.25) is 0 Å². The van der Waals surface area contributed by atoms with Crippen molar-refractivity contribution in [3.63, 3.8) is 0 Å². The third kappa shape index (κ3) is 4.95. The smallest absolute Gasteiger partial charge is 0.323 e. The van der Waals surface area contributed by atoms with Crippen molar-refractivity contribution in [2.24, 2.45) is 0 Å². The van der Waals surface area contributed by atoms with Crippen molar-refractivity contribution >= 4 is 39.4 Å². The Morgan fingerprint density at radius 2 is 1.76 bits per heavy atom. The number of halogens is 1. The molecule has 3 aromatic carbocycles. The molecule has 1 atom stereocenters. The molecule has 4 nitrogen and oxygen atoms in total. The molecule has 1 aliphatic rings. The second kappa shape index (κ2) is 9.37. The maximum atomic E-state index is 12.9. The Labute approximate surface area is 183 Å². The Morgan fingerprint density at radius 1 is 1.03 bits per heavy atom. The lowest BCUT2D eigenvalue weighted by Gasteiger charge is -2.26. The average Bonchev–Trinajstić information content (AvgIpc) is 3.25. The molecule has 2 amide bonds. The molecule has 0 bridgehead atoms. The van der Waals surface area contributed by atoms with Gasteiger partial charge < -0.3 is 15.0 Å². The van der Waals surface area contributed by atoms with E-state index in [1.807, 2.05) is 83.8 Å². The van der Waals surface area contributed by atoms with Gasteiger partial charge in [0.1, 0.15) is 17.7 Å². The molecule has 1 aliphatic heterocycles. The highest BCUT2D eigenvalue weighted by Crippen LogP contribution is 2.42. The summed E-state index contributed by atoms with van der Waals surface area (Å²) in [6, 6.07) is 25.6. The minimum atomic E-state index is -0.0971. The van der Waals surface area contributed by atoms with Gasteiger partial charge in [0.25, 0.3) is 0 Å². The summed E-state index contributed by atoms with van der Waals surface area (Å²) in [5, 5.41) is 2.93. The molecule has 1 heterocycles. The highest BCUT2D eigenvalue weighted by Gasteiger charge is 2.32. The van der Waals surface area contributed by atoms with Gasteiger partial charge in [0.15, 0.2) is 0 Å². The summed E-state index contributed by atoms with van der Waals surface area (Å²) in [7, 11) is 0. The molecule has 3 aromatic rings. The molecule has 0 aliphatic carbocycles. The number of carbonyl (C=O) groups excluding carboxylic acids is 1. The summed E-state index contributed by atoms with van der Waals surface area (Å²) < 4.78 is 7.10. The first kappa shape index (κ1) is 19.9. The van der Waals surface area contributed by atoms with Crippen LogP contribution in [0.2, 0.25) is 0 Å². The molecular formula is C23H21BrN2O2S. The van der Waals surface area contributed by atoms with Crippen LogP contribution in [-0.4, -0.2) is 23.2 Å². The Kier molecular flexibility index (Phi) is 6.42. The molecule has 29 heavy (non-hydrogen) atoms. The van der Waals surface area contributed by atoms with Gasteiger partial charge in [-0.15, -0.1) is 11.8 Å². The van der Waals surface area contributed by atoms with E-state index in [9.17, 15) is 4.79 Å². The van der Waals surface area contributed by atoms with Crippen molar-refractivity contribution in [2.45, 2.75) is 12.0 Å². The summed E-state index contributed by atoms with van der Waals surface area (Å²) in [4.78, 5) is 14.8. The Hall–Kier alpha value is -2.44. The maximum Gasteiger partial charge on any atom is 0.323 e. The number of amides is 2. The normalized spacial score (nSPS) is 15.9. The van der Waals surface area contributed by atoms with E-state index in [1.54, 1.807) is 11.8 Å². The van der Waals surface area contributed by atoms with Crippen molar-refractivity contribution in [3.05, 3.63) is 94.5 Å². The first-order valence-corrected chi connectivity index (χ1v) is 11.3. The number of hydrogen-bond donors (Lipinski definition) is 1. The molecule has 1 N–H and O–H groups in total. The van der Waals surface area contributed by atoms with Gasteiger partial charge >= 0.3 is 6.03 Å². The summed E-state index contributed by atoms with van der Waals surface area (Å²) in [6.45, 7) is 1.20. The van der Waals surface area contributed by atoms with Crippen LogP contribution in [0.15, 0.2) is 83.3 Å². The number of thioether (sulfide) groups is 1. The number of nitrogens with one attached hydrogen (secondary N) is 1. The lowest BCUT2D eigenvalue weighted by Crippen LogP contribution is -2.34. The minimum absolute atomic E-state index is 0.0718. The largest absolute Gasteiger partial charge is 0.489 e. The van der Waals surface area contributed by atoms with Crippen molar-refractivity contribution in [3.8, 4) is 5.75 Å². The molecule has 0 spiro atoms. The Bertz CT molecular complexity index is 966. The van der Waals surface area contributed by atoms with E-state index in [2.05, 4.69) is 21.2 Å². The van der Waals surface area contributed by atoms with E-state index in [0.29, 0.717) is 13.2 Å². The van der Waals surface area contributed by atoms with E-state index in [-0.39, 0.29) is 11.4 Å². The monoisotopic (exact) mass is 468 g/mol. The van der Waals surface area contributed by atoms with Gasteiger partial charge in [-0.05, 0) is 35.9 Å². The van der Waals surface area contributed by atoms with E-state index in [1.165, 1.54) is 0 Å². The third-order valence-electron chi connectivity index (χ3n) is 4.67. The predicted octanol–water partition coefficient (Wildman–Crippen LogP) is 6.31. The zero-order valence-electron chi connectivity index (χ0n) is 15.8. The van der Waals surface area contributed by atoms with Crippen LogP contribution in [-0.2, 0) is 6.61 Å². The van der Waals surface area contributed by atoms with Crippen LogP contribution >= 0.6 is 27.7 Å². The fourth-order valence-electron chi connectivity index (χ4n) is 3.22. The molecule has 0 aromatic heterocycles. The van der Waals surface area contributed by atoms with Gasteiger partial charge in [0, 0.05) is 28.0 Å². The van der Waals surface area contributed by atoms with E-state index >= 15 is 0 Å². The topological polar surface area (TPSA) is 41.6 Å². The maximum absolute atomic E-state index is 12.9. The summed E-state index contributed by atoms with van der Waals surface area (Å²) >= 11 is 5.18. The summed E-state index contributed by atoms with van der Waals surface area (Å²) in [5.41, 5.74) is 2.92. The van der Waals surface area contributed by atoms with Crippen LogP contribution in [0.3, 0.4) is 0 Å². The summed E-state index contributed by atoms with van der Waals surface area (Å²) in [5.74, 6) is 1.71. The minimum Gasteiger partial charge on any atom is -0.489 e. The molecule has 4 rings (SSSR count). The van der Waals surface area contributed by atoms with Crippen molar-refractivity contribution in [1.29, 1.82) is 0 Å². The highest BCUT2D eigenvalue weighted by molar-refractivity contribution is 9.10. The van der Waals surface area contributed by atoms with Crippen LogP contribution in [0.25, 0.3) is 0 Å². The molecule has 1 saturated heterocycles. The van der Waals surface area contributed by atoms with Gasteiger partial charge in [-0.3, -0.25) is 0 Å². The van der Waals surface area contributed by atoms with E-state index in [0.717, 1.165) is 32.8 Å². The molecule has 1 fully saturated rings. The van der Waals surface area contributed by atoms with E-state index < -0.39 is 0 Å². The van der Waals surface area contributed by atoms with Gasteiger partial charge in [0.05, 0.1) is 0 Å². The first-order valence-electron chi connectivity index (χ1n) is 9.41.